The van der Waals surface area contributed by atoms with Crippen molar-refractivity contribution in [3.05, 3.63) is 29.3 Å². The number of benzene rings is 1. The molecule has 2 amide bonds. The van der Waals surface area contributed by atoms with E-state index < -0.39 is 0 Å². The number of anilines is 1. The van der Waals surface area contributed by atoms with Crippen LogP contribution in [0.25, 0.3) is 0 Å². The quantitative estimate of drug-likeness (QED) is 0.711. The number of hydrogen-bond acceptors (Lipinski definition) is 3. The Morgan fingerprint density at radius 3 is 2.48 bits per heavy atom. The number of halogens is 1. The maximum atomic E-state index is 12.8. The topological polar surface area (TPSA) is 43.9 Å². The lowest BCUT2D eigenvalue weighted by molar-refractivity contribution is -0.133. The van der Waals surface area contributed by atoms with Crippen molar-refractivity contribution in [2.24, 2.45) is 0 Å². The van der Waals surface area contributed by atoms with Crippen molar-refractivity contribution in [1.82, 2.24) is 9.80 Å². The molecule has 1 atom stereocenters. The summed E-state index contributed by atoms with van der Waals surface area (Å²) in [6.45, 7) is 6.57. The molecule has 0 saturated carbocycles. The molecule has 1 aliphatic rings. The zero-order valence-corrected chi connectivity index (χ0v) is 16.1. The Kier molecular flexibility index (Phi) is 7.26. The Hall–Kier alpha value is -1.59. The number of rotatable bonds is 8. The van der Waals surface area contributed by atoms with Crippen LogP contribution in [0, 0.1) is 0 Å². The van der Waals surface area contributed by atoms with E-state index in [1.165, 1.54) is 0 Å². The summed E-state index contributed by atoms with van der Waals surface area (Å²) in [5, 5.41) is 0.576. The van der Waals surface area contributed by atoms with E-state index in [4.69, 9.17) is 11.6 Å². The van der Waals surface area contributed by atoms with E-state index in [1.54, 1.807) is 11.0 Å². The molecule has 0 N–H and O–H groups in total. The second-order valence-corrected chi connectivity index (χ2v) is 6.95. The normalized spacial score (nSPS) is 17.4. The van der Waals surface area contributed by atoms with Gasteiger partial charge in [0.2, 0.25) is 11.8 Å². The van der Waals surface area contributed by atoms with Gasteiger partial charge in [-0.15, -0.1) is 0 Å². The lowest BCUT2D eigenvalue weighted by Gasteiger charge is -2.27. The van der Waals surface area contributed by atoms with E-state index in [0.717, 1.165) is 31.6 Å². The van der Waals surface area contributed by atoms with Crippen molar-refractivity contribution >= 4 is 29.1 Å². The predicted molar refractivity (Wildman–Crippen MR) is 102 cm³/mol. The average Bonchev–Trinajstić information content (AvgIpc) is 2.96. The highest BCUT2D eigenvalue weighted by Crippen LogP contribution is 2.30. The molecule has 1 fully saturated rings. The van der Waals surface area contributed by atoms with Gasteiger partial charge in [-0.05, 0) is 38.4 Å². The van der Waals surface area contributed by atoms with Crippen LogP contribution in [0.15, 0.2) is 24.3 Å². The zero-order chi connectivity index (χ0) is 18.4. The van der Waals surface area contributed by atoms with Crippen LogP contribution in [0.5, 0.6) is 0 Å². The summed E-state index contributed by atoms with van der Waals surface area (Å²) in [7, 11) is 1.85. The van der Waals surface area contributed by atoms with E-state index in [1.807, 2.05) is 35.0 Å². The number of carbonyl (C=O) groups excluding carboxylic acids is 2. The molecule has 1 unspecified atom stereocenters. The first-order valence-corrected chi connectivity index (χ1v) is 9.41. The number of nitrogens with zero attached hydrogens (tertiary/aromatic N) is 3. The van der Waals surface area contributed by atoms with E-state index in [-0.39, 0.29) is 24.4 Å². The fourth-order valence-corrected chi connectivity index (χ4v) is 3.55. The summed E-state index contributed by atoms with van der Waals surface area (Å²) in [5.41, 5.74) is 0.745. The highest BCUT2D eigenvalue weighted by atomic mass is 35.5. The van der Waals surface area contributed by atoms with Crippen LogP contribution in [0.1, 0.15) is 33.1 Å². The molecule has 5 nitrogen and oxygen atoms in total. The molecule has 2 rings (SSSR count). The molecule has 6 heteroatoms. The molecule has 1 saturated heterocycles. The van der Waals surface area contributed by atoms with Gasteiger partial charge in [0.05, 0.1) is 23.3 Å². The molecule has 0 aliphatic carbocycles. The van der Waals surface area contributed by atoms with E-state index in [9.17, 15) is 9.59 Å². The fraction of sp³-hybridized carbons (Fsp3) is 0.579. The van der Waals surface area contributed by atoms with Crippen LogP contribution < -0.4 is 4.90 Å². The Balaban J connectivity index is 2.01. The second-order valence-electron chi connectivity index (χ2n) is 6.54. The van der Waals surface area contributed by atoms with Crippen LogP contribution in [0.2, 0.25) is 5.02 Å². The number of carbonyl (C=O) groups is 2. The molecule has 138 valence electrons. The van der Waals surface area contributed by atoms with Crippen LogP contribution in [0.3, 0.4) is 0 Å². The van der Waals surface area contributed by atoms with Gasteiger partial charge in [0.25, 0.3) is 0 Å². The summed E-state index contributed by atoms with van der Waals surface area (Å²) >= 11 is 6.22. The summed E-state index contributed by atoms with van der Waals surface area (Å²) < 4.78 is 0. The van der Waals surface area contributed by atoms with Gasteiger partial charge in [0.1, 0.15) is 0 Å². The van der Waals surface area contributed by atoms with Gasteiger partial charge >= 0.3 is 0 Å². The van der Waals surface area contributed by atoms with E-state index in [2.05, 4.69) is 13.8 Å². The van der Waals surface area contributed by atoms with Crippen LogP contribution in [-0.4, -0.2) is 60.9 Å². The molecule has 0 spiro atoms. The summed E-state index contributed by atoms with van der Waals surface area (Å²) in [6.07, 6.45) is 2.59. The Labute approximate surface area is 155 Å². The molecule has 0 aromatic heterocycles. The van der Waals surface area contributed by atoms with Crippen molar-refractivity contribution < 1.29 is 9.59 Å². The van der Waals surface area contributed by atoms with Crippen molar-refractivity contribution in [2.75, 3.05) is 38.1 Å². The third-order valence-electron chi connectivity index (χ3n) is 4.58. The van der Waals surface area contributed by atoms with Crippen LogP contribution in [0.4, 0.5) is 5.69 Å². The number of para-hydroxylation sites is 1. The smallest absolute Gasteiger partial charge is 0.244 e. The van der Waals surface area contributed by atoms with Crippen LogP contribution >= 0.6 is 11.6 Å². The van der Waals surface area contributed by atoms with Crippen molar-refractivity contribution in [2.45, 2.75) is 39.2 Å². The molecule has 0 bridgehead atoms. The Morgan fingerprint density at radius 2 is 1.88 bits per heavy atom. The average molecular weight is 366 g/mol. The molecule has 1 heterocycles. The number of hydrogen-bond donors (Lipinski definition) is 0. The third kappa shape index (κ3) is 4.73. The first kappa shape index (κ1) is 19.7. The lowest BCUT2D eigenvalue weighted by atomic mass is 10.2. The Bertz CT molecular complexity index is 602. The van der Waals surface area contributed by atoms with E-state index >= 15 is 0 Å². The van der Waals surface area contributed by atoms with Gasteiger partial charge < -0.3 is 9.80 Å². The van der Waals surface area contributed by atoms with Gasteiger partial charge in [-0.2, -0.15) is 0 Å². The third-order valence-corrected chi connectivity index (χ3v) is 4.90. The molecule has 0 radical (unpaired) electrons. The first-order valence-electron chi connectivity index (χ1n) is 9.03. The molecule has 25 heavy (non-hydrogen) atoms. The largest absolute Gasteiger partial charge is 0.342 e. The SMILES string of the molecule is CCCN(CCC)C(=O)CN(C)C1CCN(c2ccccc2Cl)C1=O. The molecular formula is C19H28ClN3O2. The minimum atomic E-state index is -0.273. The van der Waals surface area contributed by atoms with Gasteiger partial charge in [0, 0.05) is 19.6 Å². The molecular weight excluding hydrogens is 338 g/mol. The van der Waals surface area contributed by atoms with Gasteiger partial charge in [0.15, 0.2) is 0 Å². The summed E-state index contributed by atoms with van der Waals surface area (Å²) in [5.74, 6) is 0.108. The number of likely N-dealkylation sites (N-methyl/N-ethyl adjacent to an activating group) is 1. The number of amides is 2. The minimum absolute atomic E-state index is 0.0148. The summed E-state index contributed by atoms with van der Waals surface area (Å²) in [6, 6.07) is 7.11. The highest BCUT2D eigenvalue weighted by Gasteiger charge is 2.36. The molecule has 1 aliphatic heterocycles. The van der Waals surface area contributed by atoms with Crippen LogP contribution in [-0.2, 0) is 9.59 Å². The maximum Gasteiger partial charge on any atom is 0.244 e. The van der Waals surface area contributed by atoms with Crippen molar-refractivity contribution in [1.29, 1.82) is 0 Å². The molecule has 1 aromatic carbocycles. The Morgan fingerprint density at radius 1 is 1.24 bits per heavy atom. The van der Waals surface area contributed by atoms with E-state index in [0.29, 0.717) is 18.0 Å². The molecule has 1 aromatic rings. The van der Waals surface area contributed by atoms with Gasteiger partial charge in [-0.1, -0.05) is 37.6 Å². The summed E-state index contributed by atoms with van der Waals surface area (Å²) in [4.78, 5) is 30.8. The lowest BCUT2D eigenvalue weighted by Crippen LogP contribution is -2.46. The predicted octanol–water partition coefficient (Wildman–Crippen LogP) is 3.03. The fourth-order valence-electron chi connectivity index (χ4n) is 3.31. The monoisotopic (exact) mass is 365 g/mol. The van der Waals surface area contributed by atoms with Crippen molar-refractivity contribution in [3.8, 4) is 0 Å². The highest BCUT2D eigenvalue weighted by molar-refractivity contribution is 6.33. The van der Waals surface area contributed by atoms with Crippen molar-refractivity contribution in [3.63, 3.8) is 0 Å². The minimum Gasteiger partial charge on any atom is -0.342 e. The first-order chi connectivity index (χ1) is 12.0. The van der Waals surface area contributed by atoms with Gasteiger partial charge in [-0.3, -0.25) is 14.5 Å². The zero-order valence-electron chi connectivity index (χ0n) is 15.4. The maximum absolute atomic E-state index is 12.8. The standard InChI is InChI=1S/C19H28ClN3O2/c1-4-11-22(12-5-2)18(24)14-21(3)17-10-13-23(19(17)25)16-9-7-6-8-15(16)20/h6-9,17H,4-5,10-14H2,1-3H3. The van der Waals surface area contributed by atoms with Gasteiger partial charge in [-0.25, -0.2) is 0 Å². The second kappa shape index (κ2) is 9.20.